The van der Waals surface area contributed by atoms with E-state index in [-0.39, 0.29) is 11.5 Å². The lowest BCUT2D eigenvalue weighted by molar-refractivity contribution is 0.301. The Kier molecular flexibility index (Phi) is 10.4. The Labute approximate surface area is 242 Å². The molecule has 3 aromatic carbocycles. The fourth-order valence-electron chi connectivity index (χ4n) is 3.94. The molecule has 0 unspecified atom stereocenters. The van der Waals surface area contributed by atoms with E-state index in [1.54, 1.807) is 55.0 Å². The van der Waals surface area contributed by atoms with Crippen molar-refractivity contribution in [3.05, 3.63) is 93.1 Å². The van der Waals surface area contributed by atoms with Gasteiger partial charge in [-0.15, -0.1) is 0 Å². The molecule has 0 amide bonds. The van der Waals surface area contributed by atoms with Crippen LogP contribution in [0.2, 0.25) is 15.1 Å². The average Bonchev–Trinajstić information content (AvgIpc) is 2.92. The summed E-state index contributed by atoms with van der Waals surface area (Å²) < 4.78 is 0. The van der Waals surface area contributed by atoms with E-state index in [0.717, 1.165) is 23.1 Å². The molecule has 4 rings (SSSR count). The van der Waals surface area contributed by atoms with Crippen LogP contribution in [0.1, 0.15) is 11.1 Å². The number of pyridine rings is 1. The van der Waals surface area contributed by atoms with Crippen LogP contribution in [-0.2, 0) is 0 Å². The molecule has 0 bridgehead atoms. The summed E-state index contributed by atoms with van der Waals surface area (Å²) in [6.07, 6.45) is 5.02. The second kappa shape index (κ2) is 14.1. The van der Waals surface area contributed by atoms with Crippen LogP contribution in [-0.4, -0.2) is 71.8 Å². The molecule has 0 atom stereocenters. The molecule has 10 heteroatoms. The third kappa shape index (κ3) is 8.57. The van der Waals surface area contributed by atoms with Crippen LogP contribution in [0.25, 0.3) is 10.9 Å². The van der Waals surface area contributed by atoms with Gasteiger partial charge in [0.05, 0.1) is 18.6 Å². The highest BCUT2D eigenvalue weighted by Crippen LogP contribution is 2.24. The summed E-state index contributed by atoms with van der Waals surface area (Å²) in [5.41, 5.74) is 2.97. The van der Waals surface area contributed by atoms with Gasteiger partial charge in [0, 0.05) is 82.1 Å². The van der Waals surface area contributed by atoms with Gasteiger partial charge in [0.15, 0.2) is 0 Å². The zero-order valence-corrected chi connectivity index (χ0v) is 23.3. The van der Waals surface area contributed by atoms with Gasteiger partial charge in [-0.1, -0.05) is 34.8 Å². The van der Waals surface area contributed by atoms with Crippen molar-refractivity contribution in [3.8, 4) is 11.5 Å². The Morgan fingerprint density at radius 1 is 0.744 bits per heavy atom. The molecule has 0 saturated carbocycles. The lowest BCUT2D eigenvalue weighted by Gasteiger charge is -2.21. The molecule has 0 aliphatic heterocycles. The van der Waals surface area contributed by atoms with Crippen LogP contribution in [0.5, 0.6) is 11.5 Å². The molecule has 0 spiro atoms. The summed E-state index contributed by atoms with van der Waals surface area (Å²) in [5.74, 6) is 0.266. The highest BCUT2D eigenvalue weighted by Gasteiger charge is 2.07. The first kappa shape index (κ1) is 28.6. The summed E-state index contributed by atoms with van der Waals surface area (Å²) >= 11 is 18.2. The lowest BCUT2D eigenvalue weighted by atomic mass is 10.2. The molecule has 7 nitrogen and oxygen atoms in total. The van der Waals surface area contributed by atoms with Crippen molar-refractivity contribution in [2.75, 3.05) is 44.6 Å². The number of aliphatic imine (C=N–C) groups is 2. The molecular formula is C29H28Cl3N5O2. The van der Waals surface area contributed by atoms with Crippen molar-refractivity contribution in [1.82, 2.24) is 9.88 Å². The molecule has 1 aromatic heterocycles. The van der Waals surface area contributed by atoms with Crippen molar-refractivity contribution in [2.24, 2.45) is 9.98 Å². The number of benzene rings is 3. The number of anilines is 1. The predicted molar refractivity (Wildman–Crippen MR) is 163 cm³/mol. The van der Waals surface area contributed by atoms with E-state index in [1.807, 2.05) is 24.3 Å². The maximum absolute atomic E-state index is 10.0. The van der Waals surface area contributed by atoms with Gasteiger partial charge in [0.1, 0.15) is 11.5 Å². The molecule has 0 radical (unpaired) electrons. The Morgan fingerprint density at radius 2 is 1.31 bits per heavy atom. The van der Waals surface area contributed by atoms with Crippen LogP contribution in [0.4, 0.5) is 5.69 Å². The predicted octanol–water partition coefficient (Wildman–Crippen LogP) is 6.56. The Bertz CT molecular complexity index is 1410. The number of phenols is 2. The number of hydrogen-bond donors (Lipinski definition) is 3. The molecule has 0 aliphatic rings. The van der Waals surface area contributed by atoms with Crippen molar-refractivity contribution < 1.29 is 10.2 Å². The molecule has 0 saturated heterocycles. The van der Waals surface area contributed by atoms with E-state index >= 15 is 0 Å². The molecule has 0 fully saturated rings. The number of fused-ring (bicyclic) bond motifs is 1. The van der Waals surface area contributed by atoms with Gasteiger partial charge < -0.3 is 15.5 Å². The maximum atomic E-state index is 10.0. The van der Waals surface area contributed by atoms with Gasteiger partial charge in [-0.05, 0) is 60.7 Å². The molecule has 0 aliphatic carbocycles. The Balaban J connectivity index is 1.37. The monoisotopic (exact) mass is 583 g/mol. The number of nitrogens with zero attached hydrogens (tertiary/aromatic N) is 4. The number of halogens is 3. The first-order valence-corrected chi connectivity index (χ1v) is 13.5. The van der Waals surface area contributed by atoms with Gasteiger partial charge >= 0.3 is 0 Å². The van der Waals surface area contributed by atoms with Crippen LogP contribution in [0.3, 0.4) is 0 Å². The topological polar surface area (TPSA) is 93.3 Å². The zero-order valence-electron chi connectivity index (χ0n) is 21.1. The van der Waals surface area contributed by atoms with Gasteiger partial charge in [0.25, 0.3) is 0 Å². The summed E-state index contributed by atoms with van der Waals surface area (Å²) in [6.45, 7) is 3.86. The average molecular weight is 585 g/mol. The quantitative estimate of drug-likeness (QED) is 0.164. The van der Waals surface area contributed by atoms with E-state index in [2.05, 4.69) is 25.2 Å². The minimum atomic E-state index is 0.133. The smallest absolute Gasteiger partial charge is 0.124 e. The first-order valence-electron chi connectivity index (χ1n) is 12.4. The highest BCUT2D eigenvalue weighted by atomic mass is 35.5. The molecule has 1 heterocycles. The summed E-state index contributed by atoms with van der Waals surface area (Å²) in [4.78, 5) is 15.6. The number of aromatic hydroxyl groups is 2. The number of hydrogen-bond acceptors (Lipinski definition) is 7. The van der Waals surface area contributed by atoms with Crippen LogP contribution in [0.15, 0.2) is 76.8 Å². The van der Waals surface area contributed by atoms with Gasteiger partial charge in [0.2, 0.25) is 0 Å². The van der Waals surface area contributed by atoms with Crippen molar-refractivity contribution in [2.45, 2.75) is 0 Å². The van der Waals surface area contributed by atoms with E-state index < -0.39 is 0 Å². The molecule has 202 valence electrons. The van der Waals surface area contributed by atoms with Crippen LogP contribution >= 0.6 is 34.8 Å². The molecular weight excluding hydrogens is 557 g/mol. The lowest BCUT2D eigenvalue weighted by Crippen LogP contribution is -2.33. The van der Waals surface area contributed by atoms with Crippen LogP contribution < -0.4 is 5.32 Å². The van der Waals surface area contributed by atoms with E-state index in [4.69, 9.17) is 34.8 Å². The number of aromatic nitrogens is 1. The molecule has 4 aromatic rings. The second-order valence-electron chi connectivity index (χ2n) is 8.77. The summed E-state index contributed by atoms with van der Waals surface area (Å²) in [6, 6.07) is 17.3. The van der Waals surface area contributed by atoms with Crippen molar-refractivity contribution in [3.63, 3.8) is 0 Å². The largest absolute Gasteiger partial charge is 0.507 e. The summed E-state index contributed by atoms with van der Waals surface area (Å²) in [7, 11) is 0. The normalized spacial score (nSPS) is 11.8. The molecule has 3 N–H and O–H groups in total. The standard InChI is InChI=1S/C29H28Cl3N5O2/c30-22-2-5-28(38)20(15-22)18-33-9-12-37(13-10-34-19-21-16-23(31)3-6-29(21)39)14-11-36-26-7-8-35-27-17-24(32)1-4-25(26)27/h1-8,15-19,38-39H,9-14H2,(H,35,36). The van der Waals surface area contributed by atoms with E-state index in [0.29, 0.717) is 58.9 Å². The van der Waals surface area contributed by atoms with Crippen molar-refractivity contribution >= 4 is 63.8 Å². The SMILES string of the molecule is Oc1ccc(Cl)cc1C=NCCN(CCN=Cc1cc(Cl)ccc1O)CCNc1ccnc2cc(Cl)ccc12. The van der Waals surface area contributed by atoms with Gasteiger partial charge in [-0.2, -0.15) is 0 Å². The fraction of sp³-hybridized carbons (Fsp3) is 0.207. The number of nitrogens with one attached hydrogen (secondary N) is 1. The minimum absolute atomic E-state index is 0.133. The summed E-state index contributed by atoms with van der Waals surface area (Å²) in [5, 5.41) is 26.3. The Morgan fingerprint density at radius 3 is 1.92 bits per heavy atom. The fourth-order valence-corrected chi connectivity index (χ4v) is 4.47. The van der Waals surface area contributed by atoms with Crippen LogP contribution in [0, 0.1) is 0 Å². The van der Waals surface area contributed by atoms with E-state index in [1.165, 1.54) is 0 Å². The maximum Gasteiger partial charge on any atom is 0.124 e. The molecule has 39 heavy (non-hydrogen) atoms. The minimum Gasteiger partial charge on any atom is -0.507 e. The van der Waals surface area contributed by atoms with Gasteiger partial charge in [-0.25, -0.2) is 0 Å². The highest BCUT2D eigenvalue weighted by molar-refractivity contribution is 6.31. The zero-order chi connectivity index (χ0) is 27.6. The number of phenolic OH excluding ortho intramolecular Hbond substituents is 2. The second-order valence-corrected chi connectivity index (χ2v) is 10.1. The number of rotatable bonds is 12. The Hall–Kier alpha value is -3.36. The first-order chi connectivity index (χ1) is 18.9. The van der Waals surface area contributed by atoms with Gasteiger partial charge in [-0.3, -0.25) is 19.9 Å². The van der Waals surface area contributed by atoms with Crippen molar-refractivity contribution in [1.29, 1.82) is 0 Å². The third-order valence-electron chi connectivity index (χ3n) is 5.98. The van der Waals surface area contributed by atoms with E-state index in [9.17, 15) is 10.2 Å². The third-order valence-corrected chi connectivity index (χ3v) is 6.68.